The second kappa shape index (κ2) is 7.79. The predicted molar refractivity (Wildman–Crippen MR) is 113 cm³/mol. The van der Waals surface area contributed by atoms with Crippen LogP contribution in [-0.2, 0) is 16.1 Å². The Morgan fingerprint density at radius 1 is 1.17 bits per heavy atom. The number of benzene rings is 2. The van der Waals surface area contributed by atoms with Crippen molar-refractivity contribution in [3.8, 4) is 11.3 Å². The van der Waals surface area contributed by atoms with Gasteiger partial charge in [-0.25, -0.2) is 4.68 Å². The molecule has 0 saturated carbocycles. The predicted octanol–water partition coefficient (Wildman–Crippen LogP) is 3.14. The monoisotopic (exact) mass is 391 g/mol. The molecular formula is C23H25N3O3. The van der Waals surface area contributed by atoms with Crippen molar-refractivity contribution < 1.29 is 9.53 Å². The van der Waals surface area contributed by atoms with E-state index in [2.05, 4.69) is 10.4 Å². The molecule has 6 nitrogen and oxygen atoms in total. The third kappa shape index (κ3) is 4.38. The van der Waals surface area contributed by atoms with Crippen LogP contribution in [0.4, 0.5) is 0 Å². The molecule has 1 saturated heterocycles. The van der Waals surface area contributed by atoms with Gasteiger partial charge in [-0.15, -0.1) is 0 Å². The molecule has 1 aliphatic heterocycles. The lowest BCUT2D eigenvalue weighted by Gasteiger charge is -2.35. The molecule has 1 fully saturated rings. The van der Waals surface area contributed by atoms with Crippen LogP contribution in [-0.4, -0.2) is 33.9 Å². The summed E-state index contributed by atoms with van der Waals surface area (Å²) in [6.45, 7) is 4.55. The molecule has 150 valence electrons. The fraction of sp³-hybridized carbons (Fsp3) is 0.348. The third-order valence-electron chi connectivity index (χ3n) is 5.29. The van der Waals surface area contributed by atoms with Gasteiger partial charge >= 0.3 is 0 Å². The minimum Gasteiger partial charge on any atom is -0.375 e. The van der Waals surface area contributed by atoms with Crippen molar-refractivity contribution in [1.82, 2.24) is 15.1 Å². The van der Waals surface area contributed by atoms with Gasteiger partial charge in [-0.1, -0.05) is 42.5 Å². The number of carbonyl (C=O) groups is 1. The van der Waals surface area contributed by atoms with Crippen molar-refractivity contribution in [1.29, 1.82) is 0 Å². The number of amides is 1. The molecule has 2 heterocycles. The Labute approximate surface area is 169 Å². The van der Waals surface area contributed by atoms with E-state index in [0.29, 0.717) is 12.3 Å². The summed E-state index contributed by atoms with van der Waals surface area (Å²) in [5.41, 5.74) is 1.06. The molecule has 1 unspecified atom stereocenters. The van der Waals surface area contributed by atoms with E-state index in [9.17, 15) is 9.59 Å². The molecular weight excluding hydrogens is 366 g/mol. The van der Waals surface area contributed by atoms with Crippen LogP contribution >= 0.6 is 0 Å². The van der Waals surface area contributed by atoms with Gasteiger partial charge in [0.1, 0.15) is 6.54 Å². The molecule has 2 aromatic carbocycles. The van der Waals surface area contributed by atoms with Gasteiger partial charge in [-0.2, -0.15) is 5.10 Å². The molecule has 29 heavy (non-hydrogen) atoms. The summed E-state index contributed by atoms with van der Waals surface area (Å²) < 4.78 is 6.93. The van der Waals surface area contributed by atoms with Crippen LogP contribution < -0.4 is 10.9 Å². The van der Waals surface area contributed by atoms with Crippen LogP contribution in [0.15, 0.2) is 59.4 Å². The molecule has 0 aliphatic carbocycles. The molecule has 3 aromatic rings. The van der Waals surface area contributed by atoms with E-state index in [-0.39, 0.29) is 29.7 Å². The number of nitrogens with one attached hydrogen (secondary N) is 1. The number of fused-ring (bicyclic) bond motifs is 1. The average molecular weight is 391 g/mol. The third-order valence-corrected chi connectivity index (χ3v) is 5.29. The Hall–Kier alpha value is -2.99. The van der Waals surface area contributed by atoms with Crippen molar-refractivity contribution >= 4 is 16.7 Å². The van der Waals surface area contributed by atoms with Gasteiger partial charge in [-0.3, -0.25) is 9.59 Å². The summed E-state index contributed by atoms with van der Waals surface area (Å²) in [5, 5.41) is 9.65. The number of aromatic nitrogens is 2. The van der Waals surface area contributed by atoms with Gasteiger partial charge < -0.3 is 10.1 Å². The molecule has 1 aliphatic rings. The van der Waals surface area contributed by atoms with E-state index < -0.39 is 0 Å². The largest absolute Gasteiger partial charge is 0.375 e. The average Bonchev–Trinajstić information content (AvgIpc) is 2.68. The summed E-state index contributed by atoms with van der Waals surface area (Å²) in [6, 6.07) is 17.2. The number of rotatable bonds is 4. The normalized spacial score (nSPS) is 18.5. The minimum absolute atomic E-state index is 0.0446. The van der Waals surface area contributed by atoms with Crippen LogP contribution in [0.25, 0.3) is 22.0 Å². The smallest absolute Gasteiger partial charge is 0.267 e. The van der Waals surface area contributed by atoms with Gasteiger partial charge in [0.15, 0.2) is 0 Å². The second-order valence-electron chi connectivity index (χ2n) is 8.11. The van der Waals surface area contributed by atoms with Crippen LogP contribution in [0.1, 0.15) is 26.7 Å². The Morgan fingerprint density at radius 3 is 2.79 bits per heavy atom. The first kappa shape index (κ1) is 19.3. The number of hydrogen-bond donors (Lipinski definition) is 1. The molecule has 0 bridgehead atoms. The Balaban J connectivity index is 1.56. The lowest BCUT2D eigenvalue weighted by atomic mass is 9.94. The van der Waals surface area contributed by atoms with Crippen LogP contribution in [0.2, 0.25) is 0 Å². The van der Waals surface area contributed by atoms with Crippen molar-refractivity contribution in [3.63, 3.8) is 0 Å². The maximum Gasteiger partial charge on any atom is 0.267 e. The van der Waals surface area contributed by atoms with E-state index in [0.717, 1.165) is 29.2 Å². The topological polar surface area (TPSA) is 73.2 Å². The van der Waals surface area contributed by atoms with Crippen molar-refractivity contribution in [2.24, 2.45) is 0 Å². The zero-order chi connectivity index (χ0) is 20.4. The fourth-order valence-electron chi connectivity index (χ4n) is 3.92. The van der Waals surface area contributed by atoms with Gasteiger partial charge in [0.2, 0.25) is 5.91 Å². The van der Waals surface area contributed by atoms with E-state index >= 15 is 0 Å². The number of nitrogens with zero attached hydrogens (tertiary/aromatic N) is 2. The summed E-state index contributed by atoms with van der Waals surface area (Å²) in [5.74, 6) is -0.211. The quantitative estimate of drug-likeness (QED) is 0.742. The second-order valence-corrected chi connectivity index (χ2v) is 8.11. The molecule has 1 atom stereocenters. The Kier molecular flexibility index (Phi) is 5.20. The zero-order valence-corrected chi connectivity index (χ0v) is 16.7. The molecule has 4 rings (SSSR count). The maximum absolute atomic E-state index is 12.6. The van der Waals surface area contributed by atoms with Crippen LogP contribution in [0, 0.1) is 0 Å². The SMILES string of the molecule is CC1(C)CC(NC(=O)Cn2nc(-c3cccc4ccccc34)ccc2=O)CCO1. The minimum atomic E-state index is -0.295. The molecule has 0 radical (unpaired) electrons. The standard InChI is InChI=1S/C23H25N3O3/c1-23(2)14-17(12-13-29-23)24-21(27)15-26-22(28)11-10-20(25-26)19-9-5-7-16-6-3-4-8-18(16)19/h3-11,17H,12-15H2,1-2H3,(H,24,27). The molecule has 0 spiro atoms. The van der Waals surface area contributed by atoms with Gasteiger partial charge in [0.05, 0.1) is 11.3 Å². The van der Waals surface area contributed by atoms with Gasteiger partial charge in [-0.05, 0) is 43.5 Å². The fourth-order valence-corrected chi connectivity index (χ4v) is 3.92. The zero-order valence-electron chi connectivity index (χ0n) is 16.7. The van der Waals surface area contributed by atoms with Gasteiger partial charge in [0, 0.05) is 24.3 Å². The first-order chi connectivity index (χ1) is 13.9. The number of ether oxygens (including phenoxy) is 1. The lowest BCUT2D eigenvalue weighted by molar-refractivity contribution is -0.124. The Bertz CT molecular complexity index is 1100. The highest BCUT2D eigenvalue weighted by Gasteiger charge is 2.29. The Morgan fingerprint density at radius 2 is 1.97 bits per heavy atom. The lowest BCUT2D eigenvalue weighted by Crippen LogP contribution is -2.47. The summed E-state index contributed by atoms with van der Waals surface area (Å²) in [4.78, 5) is 24.9. The van der Waals surface area contributed by atoms with E-state index in [1.807, 2.05) is 56.3 Å². The highest BCUT2D eigenvalue weighted by Crippen LogP contribution is 2.26. The molecule has 1 amide bonds. The van der Waals surface area contributed by atoms with Crippen molar-refractivity contribution in [3.05, 3.63) is 65.0 Å². The first-order valence-electron chi connectivity index (χ1n) is 9.91. The molecule has 1 aromatic heterocycles. The van der Waals surface area contributed by atoms with Crippen molar-refractivity contribution in [2.45, 2.75) is 44.9 Å². The van der Waals surface area contributed by atoms with Crippen molar-refractivity contribution in [2.75, 3.05) is 6.61 Å². The molecule has 6 heteroatoms. The number of hydrogen-bond acceptors (Lipinski definition) is 4. The van der Waals surface area contributed by atoms with E-state index in [1.54, 1.807) is 6.07 Å². The van der Waals surface area contributed by atoms with Gasteiger partial charge in [0.25, 0.3) is 5.56 Å². The van der Waals surface area contributed by atoms with E-state index in [4.69, 9.17) is 4.74 Å². The van der Waals surface area contributed by atoms with Crippen LogP contribution in [0.3, 0.4) is 0 Å². The summed E-state index contributed by atoms with van der Waals surface area (Å²) >= 11 is 0. The maximum atomic E-state index is 12.6. The summed E-state index contributed by atoms with van der Waals surface area (Å²) in [6.07, 6.45) is 1.52. The van der Waals surface area contributed by atoms with Crippen LogP contribution in [0.5, 0.6) is 0 Å². The highest BCUT2D eigenvalue weighted by molar-refractivity contribution is 5.95. The number of carbonyl (C=O) groups excluding carboxylic acids is 1. The molecule has 1 N–H and O–H groups in total. The highest BCUT2D eigenvalue weighted by atomic mass is 16.5. The van der Waals surface area contributed by atoms with E-state index in [1.165, 1.54) is 10.7 Å². The first-order valence-corrected chi connectivity index (χ1v) is 9.91. The summed E-state index contributed by atoms with van der Waals surface area (Å²) in [7, 11) is 0.